The van der Waals surface area contributed by atoms with Crippen molar-refractivity contribution in [3.63, 3.8) is 0 Å². The van der Waals surface area contributed by atoms with E-state index in [4.69, 9.17) is 10.2 Å². The molecule has 0 radical (unpaired) electrons. The Bertz CT molecular complexity index is 349. The molecule has 0 aliphatic rings. The topological polar surface area (TPSA) is 74.6 Å². The number of unbranched alkanes of at least 4 members (excludes halogenated alkanes) is 13. The van der Waals surface area contributed by atoms with Crippen LogP contribution in [0.1, 0.15) is 129 Å². The van der Waals surface area contributed by atoms with Crippen molar-refractivity contribution < 1.29 is 19.8 Å². The SMILES string of the molecule is O=C(O)CC(=O)O.[Li][CH2]C(CCCCCCC)CCCCCCCCCCCC. The Morgan fingerprint density at radius 2 is 0.931 bits per heavy atom. The average Bonchev–Trinajstić information content (AvgIpc) is 2.67. The molecule has 0 heterocycles. The molecule has 1 unspecified atom stereocenters. The van der Waals surface area contributed by atoms with Gasteiger partial charge >= 0.3 is 150 Å². The Labute approximate surface area is 189 Å². The normalized spacial score (nSPS) is 11.6. The standard InChI is InChI=1S/C21H43.C3H4O4.Li/c1-4-6-8-10-11-12-13-14-16-18-20-21(3)19-17-15-9-7-5-2;4-2(5)1-3(6)7;/h21H,3-20H2,1-2H3;1H2,(H,4,5)(H,6,7);. The van der Waals surface area contributed by atoms with E-state index < -0.39 is 18.4 Å². The molecule has 0 aliphatic heterocycles. The zero-order valence-electron chi connectivity index (χ0n) is 19.7. The number of aliphatic carboxylic acids is 2. The molecule has 0 rings (SSSR count). The fraction of sp³-hybridized carbons (Fsp3) is 0.917. The van der Waals surface area contributed by atoms with Crippen LogP contribution < -0.4 is 0 Å². The average molecular weight is 407 g/mol. The minimum atomic E-state index is -1.31. The van der Waals surface area contributed by atoms with Crippen LogP contribution in [0.3, 0.4) is 0 Å². The van der Waals surface area contributed by atoms with Crippen LogP contribution in [-0.4, -0.2) is 39.9 Å². The molecule has 0 spiro atoms. The minimum Gasteiger partial charge on any atom is -0.0654 e. The summed E-state index contributed by atoms with van der Waals surface area (Å²) in [5, 5.41) is 16.8. The molecule has 0 amide bonds. The van der Waals surface area contributed by atoms with E-state index in [1.165, 1.54) is 114 Å². The third-order valence-electron chi connectivity index (χ3n) is 5.56. The van der Waals surface area contributed by atoms with E-state index in [9.17, 15) is 9.59 Å². The van der Waals surface area contributed by atoms with E-state index in [1.807, 2.05) is 0 Å². The molecule has 2 N–H and O–H groups in total. The molecular formula is C24H47LiO4. The van der Waals surface area contributed by atoms with E-state index in [0.29, 0.717) is 0 Å². The number of carbonyl (C=O) groups is 2. The molecule has 0 fully saturated rings. The van der Waals surface area contributed by atoms with Crippen LogP contribution >= 0.6 is 0 Å². The van der Waals surface area contributed by atoms with Crippen molar-refractivity contribution in [2.75, 3.05) is 0 Å². The number of carboxylic acid groups (broad SMARTS) is 2. The predicted molar refractivity (Wildman–Crippen MR) is 124 cm³/mol. The molecule has 4 nitrogen and oxygen atoms in total. The van der Waals surface area contributed by atoms with Crippen molar-refractivity contribution in [2.24, 2.45) is 5.92 Å². The van der Waals surface area contributed by atoms with Crippen LogP contribution in [-0.2, 0) is 9.59 Å². The Morgan fingerprint density at radius 3 is 1.17 bits per heavy atom. The molecule has 0 aliphatic carbocycles. The monoisotopic (exact) mass is 406 g/mol. The summed E-state index contributed by atoms with van der Waals surface area (Å²) in [7, 11) is 0. The van der Waals surface area contributed by atoms with Crippen molar-refractivity contribution >= 4 is 29.7 Å². The number of hydrogen-bond donors (Lipinski definition) is 2. The molecule has 0 aromatic heterocycles. The first-order chi connectivity index (χ1) is 14.0. The van der Waals surface area contributed by atoms with Gasteiger partial charge in [0, 0.05) is 0 Å². The fourth-order valence-electron chi connectivity index (χ4n) is 3.64. The molecule has 0 aromatic carbocycles. The number of rotatable bonds is 20. The summed E-state index contributed by atoms with van der Waals surface area (Å²) < 4.78 is 0. The van der Waals surface area contributed by atoms with Gasteiger partial charge in [-0.05, 0) is 0 Å². The van der Waals surface area contributed by atoms with E-state index in [-0.39, 0.29) is 0 Å². The van der Waals surface area contributed by atoms with Gasteiger partial charge in [0.1, 0.15) is 6.42 Å². The van der Waals surface area contributed by atoms with Crippen LogP contribution in [0.4, 0.5) is 0 Å². The van der Waals surface area contributed by atoms with Gasteiger partial charge in [-0.3, -0.25) is 9.59 Å². The first kappa shape index (κ1) is 30.7. The second-order valence-corrected chi connectivity index (χ2v) is 8.41. The summed E-state index contributed by atoms with van der Waals surface area (Å²) in [5.74, 6) is -1.60. The van der Waals surface area contributed by atoms with E-state index in [1.54, 1.807) is 0 Å². The van der Waals surface area contributed by atoms with Gasteiger partial charge in [-0.25, -0.2) is 0 Å². The van der Waals surface area contributed by atoms with Gasteiger partial charge in [0.2, 0.25) is 0 Å². The molecule has 5 heteroatoms. The first-order valence-electron chi connectivity index (χ1n) is 12.4. The smallest absolute Gasteiger partial charge is 0.0654 e. The third kappa shape index (κ3) is 29.8. The Kier molecular flexibility index (Phi) is 27.1. The van der Waals surface area contributed by atoms with Crippen LogP contribution in [0.25, 0.3) is 0 Å². The van der Waals surface area contributed by atoms with Crippen molar-refractivity contribution in [1.29, 1.82) is 0 Å². The van der Waals surface area contributed by atoms with Crippen LogP contribution in [0, 0.1) is 5.92 Å². The minimum absolute atomic E-state index is 0.806. The number of hydrogen-bond acceptors (Lipinski definition) is 2. The Hall–Kier alpha value is -0.463. The predicted octanol–water partition coefficient (Wildman–Crippen LogP) is 7.41. The second-order valence-electron chi connectivity index (χ2n) is 8.41. The molecule has 29 heavy (non-hydrogen) atoms. The van der Waals surface area contributed by atoms with Gasteiger partial charge in [0.05, 0.1) is 0 Å². The summed E-state index contributed by atoms with van der Waals surface area (Å²) in [4.78, 5) is 18.9. The maximum atomic E-state index is 9.43. The van der Waals surface area contributed by atoms with Crippen LogP contribution in [0.15, 0.2) is 0 Å². The summed E-state index contributed by atoms with van der Waals surface area (Å²) >= 11 is 2.40. The first-order valence-corrected chi connectivity index (χ1v) is 12.4. The van der Waals surface area contributed by atoms with E-state index in [2.05, 4.69) is 31.6 Å². The summed E-state index contributed by atoms with van der Waals surface area (Å²) in [5.41, 5.74) is 0. The van der Waals surface area contributed by atoms with Gasteiger partial charge in [-0.15, -0.1) is 0 Å². The zero-order chi connectivity index (χ0) is 22.2. The van der Waals surface area contributed by atoms with Gasteiger partial charge in [-0.1, -0.05) is 13.3 Å². The Balaban J connectivity index is 0. The van der Waals surface area contributed by atoms with E-state index >= 15 is 0 Å². The van der Waals surface area contributed by atoms with E-state index in [0.717, 1.165) is 5.92 Å². The molecule has 0 bridgehead atoms. The van der Waals surface area contributed by atoms with Gasteiger partial charge in [-0.2, -0.15) is 0 Å². The second kappa shape index (κ2) is 25.6. The zero-order valence-corrected chi connectivity index (χ0v) is 19.7. The third-order valence-corrected chi connectivity index (χ3v) is 5.56. The molecule has 0 saturated heterocycles. The quantitative estimate of drug-likeness (QED) is 0.125. The summed E-state index contributed by atoms with van der Waals surface area (Å²) in [6.45, 7) is 4.61. The van der Waals surface area contributed by atoms with Gasteiger partial charge in [0.25, 0.3) is 0 Å². The number of carboxylic acids is 2. The van der Waals surface area contributed by atoms with Gasteiger partial charge < -0.3 is 10.2 Å². The van der Waals surface area contributed by atoms with Crippen LogP contribution in [0.5, 0.6) is 0 Å². The van der Waals surface area contributed by atoms with Crippen molar-refractivity contribution in [3.8, 4) is 0 Å². The summed E-state index contributed by atoms with van der Waals surface area (Å²) in [6, 6.07) is 0. The summed E-state index contributed by atoms with van der Waals surface area (Å²) in [6.07, 6.45) is 24.1. The Morgan fingerprint density at radius 1 is 0.621 bits per heavy atom. The molecular weight excluding hydrogens is 359 g/mol. The van der Waals surface area contributed by atoms with Crippen LogP contribution in [0.2, 0.25) is 5.09 Å². The molecule has 0 aromatic rings. The molecule has 168 valence electrons. The van der Waals surface area contributed by atoms with Crippen molar-refractivity contribution in [2.45, 2.75) is 135 Å². The van der Waals surface area contributed by atoms with Crippen molar-refractivity contribution in [3.05, 3.63) is 0 Å². The molecule has 1 atom stereocenters. The van der Waals surface area contributed by atoms with Crippen molar-refractivity contribution in [1.82, 2.24) is 0 Å². The molecule has 0 saturated carbocycles. The van der Waals surface area contributed by atoms with Gasteiger partial charge in [0.15, 0.2) is 0 Å². The maximum absolute atomic E-state index is 9.43. The fourth-order valence-corrected chi connectivity index (χ4v) is 3.64.